The number of ether oxygens (including phenoxy) is 3. The fourth-order valence-corrected chi connectivity index (χ4v) is 4.09. The number of hydrogen-bond donors (Lipinski definition) is 0. The number of carbonyl (C=O) groups excluding carboxylic acids is 2. The second-order valence-electron chi connectivity index (χ2n) is 8.01. The minimum Gasteiger partial charge on any atom is -0.492 e. The highest BCUT2D eigenvalue weighted by molar-refractivity contribution is 6.06. The molecule has 0 aliphatic carbocycles. The number of anilines is 1. The summed E-state index contributed by atoms with van der Waals surface area (Å²) in [6, 6.07) is 13.2. The lowest BCUT2D eigenvalue weighted by molar-refractivity contribution is -0.256. The standard InChI is InChI=1S/C25H29NO5/c1-3-4-6-19-7-12-23-22(17-19)25(30-14-5-15-31-25)24(28)26(23)13-16-29-21-10-8-20(9-11-21)18(2)27/h7-12,17H,3-6,13-16H2,1-2H3. The summed E-state index contributed by atoms with van der Waals surface area (Å²) >= 11 is 0. The number of hydrogen-bond acceptors (Lipinski definition) is 5. The number of carbonyl (C=O) groups is 2. The van der Waals surface area contributed by atoms with Gasteiger partial charge in [-0.2, -0.15) is 0 Å². The third-order valence-electron chi connectivity index (χ3n) is 5.80. The normalized spacial score (nSPS) is 17.1. The molecule has 1 saturated heterocycles. The van der Waals surface area contributed by atoms with Gasteiger partial charge < -0.3 is 19.1 Å². The van der Waals surface area contributed by atoms with Gasteiger partial charge in [-0.05, 0) is 68.1 Å². The fraction of sp³-hybridized carbons (Fsp3) is 0.440. The molecule has 4 rings (SSSR count). The van der Waals surface area contributed by atoms with Crippen LogP contribution in [0.25, 0.3) is 0 Å². The molecule has 1 spiro atoms. The van der Waals surface area contributed by atoms with Crippen molar-refractivity contribution in [3.63, 3.8) is 0 Å². The highest BCUT2D eigenvalue weighted by Crippen LogP contribution is 2.45. The molecular formula is C25H29NO5. The number of fused-ring (bicyclic) bond motifs is 2. The lowest BCUT2D eigenvalue weighted by atomic mass is 10.00. The average molecular weight is 424 g/mol. The second-order valence-corrected chi connectivity index (χ2v) is 8.01. The first kappa shape index (κ1) is 21.5. The van der Waals surface area contributed by atoms with Crippen LogP contribution in [-0.4, -0.2) is 38.1 Å². The van der Waals surface area contributed by atoms with Gasteiger partial charge in [0.2, 0.25) is 0 Å². The Morgan fingerprint density at radius 1 is 1.13 bits per heavy atom. The van der Waals surface area contributed by atoms with Crippen molar-refractivity contribution >= 4 is 17.4 Å². The van der Waals surface area contributed by atoms with Crippen molar-refractivity contribution in [3.05, 3.63) is 59.2 Å². The van der Waals surface area contributed by atoms with Crippen molar-refractivity contribution in [1.29, 1.82) is 0 Å². The summed E-state index contributed by atoms with van der Waals surface area (Å²) < 4.78 is 17.8. The molecule has 0 N–H and O–H groups in total. The third kappa shape index (κ3) is 4.23. The molecular weight excluding hydrogens is 394 g/mol. The molecule has 1 amide bonds. The number of rotatable bonds is 8. The Bertz CT molecular complexity index is 947. The van der Waals surface area contributed by atoms with E-state index < -0.39 is 5.79 Å². The smallest absolute Gasteiger partial charge is 0.292 e. The molecule has 0 atom stereocenters. The van der Waals surface area contributed by atoms with Crippen molar-refractivity contribution < 1.29 is 23.8 Å². The number of Topliss-reactive ketones (excluding diaryl/α,β-unsaturated/α-hetero) is 1. The molecule has 0 radical (unpaired) electrons. The number of ketones is 1. The Morgan fingerprint density at radius 2 is 1.87 bits per heavy atom. The number of unbranched alkanes of at least 4 members (excludes halogenated alkanes) is 1. The van der Waals surface area contributed by atoms with Gasteiger partial charge in [0.1, 0.15) is 12.4 Å². The van der Waals surface area contributed by atoms with Gasteiger partial charge in [-0.15, -0.1) is 0 Å². The van der Waals surface area contributed by atoms with E-state index in [4.69, 9.17) is 14.2 Å². The van der Waals surface area contributed by atoms with Crippen LogP contribution in [0.3, 0.4) is 0 Å². The molecule has 1 fully saturated rings. The molecule has 6 nitrogen and oxygen atoms in total. The summed E-state index contributed by atoms with van der Waals surface area (Å²) in [7, 11) is 0. The molecule has 0 saturated carbocycles. The van der Waals surface area contributed by atoms with Crippen LogP contribution in [0, 0.1) is 0 Å². The van der Waals surface area contributed by atoms with Gasteiger partial charge in [0.05, 0.1) is 25.4 Å². The van der Waals surface area contributed by atoms with Gasteiger partial charge in [-0.25, -0.2) is 0 Å². The average Bonchev–Trinajstić information content (AvgIpc) is 3.01. The van der Waals surface area contributed by atoms with Gasteiger partial charge in [0, 0.05) is 11.1 Å². The number of nitrogens with zero attached hydrogens (tertiary/aromatic N) is 1. The number of benzene rings is 2. The van der Waals surface area contributed by atoms with Gasteiger partial charge in [-0.1, -0.05) is 19.4 Å². The summed E-state index contributed by atoms with van der Waals surface area (Å²) in [5, 5.41) is 0. The van der Waals surface area contributed by atoms with Crippen molar-refractivity contribution in [1.82, 2.24) is 0 Å². The Labute approximate surface area is 183 Å². The minimum absolute atomic E-state index is 0.0157. The molecule has 2 aliphatic rings. The van der Waals surface area contributed by atoms with Crippen molar-refractivity contribution in [2.24, 2.45) is 0 Å². The monoisotopic (exact) mass is 423 g/mol. The van der Waals surface area contributed by atoms with Crippen molar-refractivity contribution in [2.45, 2.75) is 45.3 Å². The summed E-state index contributed by atoms with van der Waals surface area (Å²) in [5.74, 6) is -0.849. The highest BCUT2D eigenvalue weighted by atomic mass is 16.7. The zero-order valence-corrected chi connectivity index (χ0v) is 18.2. The van der Waals surface area contributed by atoms with Crippen LogP contribution in [0.4, 0.5) is 5.69 Å². The largest absolute Gasteiger partial charge is 0.492 e. The molecule has 2 aromatic rings. The third-order valence-corrected chi connectivity index (χ3v) is 5.80. The van der Waals surface area contributed by atoms with Crippen LogP contribution in [0.5, 0.6) is 5.75 Å². The van der Waals surface area contributed by atoms with Gasteiger partial charge in [0.15, 0.2) is 5.78 Å². The van der Waals surface area contributed by atoms with E-state index >= 15 is 0 Å². The SMILES string of the molecule is CCCCc1ccc2c(c1)C1(OCCCO1)C(=O)N2CCOc1ccc(C(C)=O)cc1. The Kier molecular flexibility index (Phi) is 6.39. The lowest BCUT2D eigenvalue weighted by Gasteiger charge is -2.32. The zero-order valence-electron chi connectivity index (χ0n) is 18.2. The van der Waals surface area contributed by atoms with Gasteiger partial charge in [-0.3, -0.25) is 9.59 Å². The molecule has 0 unspecified atom stereocenters. The predicted octanol–water partition coefficient (Wildman–Crippen LogP) is 4.25. The topological polar surface area (TPSA) is 65.1 Å². The summed E-state index contributed by atoms with van der Waals surface area (Å²) in [4.78, 5) is 26.5. The first-order valence-corrected chi connectivity index (χ1v) is 11.0. The Balaban J connectivity index is 1.51. The van der Waals surface area contributed by atoms with Gasteiger partial charge in [0.25, 0.3) is 11.7 Å². The maximum Gasteiger partial charge on any atom is 0.292 e. The van der Waals surface area contributed by atoms with Crippen LogP contribution in [0.2, 0.25) is 0 Å². The van der Waals surface area contributed by atoms with E-state index in [1.165, 1.54) is 12.5 Å². The molecule has 2 aliphatic heterocycles. The lowest BCUT2D eigenvalue weighted by Crippen LogP contribution is -2.48. The van der Waals surface area contributed by atoms with E-state index in [-0.39, 0.29) is 11.7 Å². The second kappa shape index (κ2) is 9.20. The minimum atomic E-state index is -1.33. The first-order chi connectivity index (χ1) is 15.0. The molecule has 164 valence electrons. The molecule has 2 heterocycles. The Morgan fingerprint density at radius 3 is 2.55 bits per heavy atom. The molecule has 6 heteroatoms. The van der Waals surface area contributed by atoms with E-state index in [0.717, 1.165) is 36.9 Å². The number of aryl methyl sites for hydroxylation is 1. The fourth-order valence-electron chi connectivity index (χ4n) is 4.09. The maximum absolute atomic E-state index is 13.4. The van der Waals surface area contributed by atoms with Crippen LogP contribution < -0.4 is 9.64 Å². The van der Waals surface area contributed by atoms with E-state index in [9.17, 15) is 9.59 Å². The van der Waals surface area contributed by atoms with E-state index in [1.807, 2.05) is 6.07 Å². The van der Waals surface area contributed by atoms with E-state index in [0.29, 0.717) is 37.7 Å². The summed E-state index contributed by atoms with van der Waals surface area (Å²) in [6.07, 6.45) is 3.96. The van der Waals surface area contributed by atoms with Crippen LogP contribution in [-0.2, 0) is 26.5 Å². The van der Waals surface area contributed by atoms with E-state index in [1.54, 1.807) is 29.2 Å². The quantitative estimate of drug-likeness (QED) is 0.594. The predicted molar refractivity (Wildman–Crippen MR) is 118 cm³/mol. The van der Waals surface area contributed by atoms with Crippen molar-refractivity contribution in [3.8, 4) is 5.75 Å². The Hall–Kier alpha value is -2.70. The van der Waals surface area contributed by atoms with Crippen LogP contribution in [0.15, 0.2) is 42.5 Å². The van der Waals surface area contributed by atoms with E-state index in [2.05, 4.69) is 19.1 Å². The van der Waals surface area contributed by atoms with Crippen LogP contribution in [0.1, 0.15) is 54.6 Å². The molecule has 0 aromatic heterocycles. The molecule has 0 bridgehead atoms. The summed E-state index contributed by atoms with van der Waals surface area (Å²) in [5.41, 5.74) is 3.46. The zero-order chi connectivity index (χ0) is 21.8. The van der Waals surface area contributed by atoms with Gasteiger partial charge >= 0.3 is 0 Å². The molecule has 2 aromatic carbocycles. The summed E-state index contributed by atoms with van der Waals surface area (Å²) in [6.45, 7) is 5.39. The number of amides is 1. The van der Waals surface area contributed by atoms with Crippen molar-refractivity contribution in [2.75, 3.05) is 31.3 Å². The van der Waals surface area contributed by atoms with Crippen LogP contribution >= 0.6 is 0 Å². The highest BCUT2D eigenvalue weighted by Gasteiger charge is 2.54. The maximum atomic E-state index is 13.4. The first-order valence-electron chi connectivity index (χ1n) is 11.0. The molecule has 31 heavy (non-hydrogen) atoms.